The van der Waals surface area contributed by atoms with E-state index in [4.69, 9.17) is 17.3 Å². The smallest absolute Gasteiger partial charge is 0.257 e. The maximum atomic E-state index is 12.9. The molecule has 0 aromatic heterocycles. The topological polar surface area (TPSA) is 55.1 Å². The predicted octanol–water partition coefficient (Wildman–Crippen LogP) is 4.08. The highest BCUT2D eigenvalue weighted by atomic mass is 79.9. The highest BCUT2D eigenvalue weighted by Crippen LogP contribution is 2.25. The van der Waals surface area contributed by atoms with Crippen molar-refractivity contribution in [1.82, 2.24) is 0 Å². The van der Waals surface area contributed by atoms with E-state index in [2.05, 4.69) is 21.2 Å². The second-order valence-electron chi connectivity index (χ2n) is 3.81. The van der Waals surface area contributed by atoms with Crippen molar-refractivity contribution >= 4 is 44.8 Å². The number of anilines is 2. The molecule has 0 fully saturated rings. The van der Waals surface area contributed by atoms with Crippen molar-refractivity contribution in [3.05, 3.63) is 57.3 Å². The molecule has 0 aliphatic rings. The average molecular weight is 344 g/mol. The Bertz CT molecular complexity index is 649. The Balaban J connectivity index is 2.28. The first kappa shape index (κ1) is 13.8. The molecule has 0 heterocycles. The quantitative estimate of drug-likeness (QED) is 0.807. The van der Waals surface area contributed by atoms with E-state index in [0.717, 1.165) is 0 Å². The van der Waals surface area contributed by atoms with Crippen LogP contribution in [0.3, 0.4) is 0 Å². The Hall–Kier alpha value is -1.59. The molecule has 1 amide bonds. The van der Waals surface area contributed by atoms with Crippen LogP contribution in [0.25, 0.3) is 0 Å². The third kappa shape index (κ3) is 3.24. The number of rotatable bonds is 2. The van der Waals surface area contributed by atoms with Crippen LogP contribution in [0.5, 0.6) is 0 Å². The Morgan fingerprint density at radius 3 is 2.68 bits per heavy atom. The van der Waals surface area contributed by atoms with E-state index in [9.17, 15) is 9.18 Å². The van der Waals surface area contributed by atoms with Crippen LogP contribution in [0.4, 0.5) is 15.8 Å². The summed E-state index contributed by atoms with van der Waals surface area (Å²) in [5.74, 6) is -0.806. The highest BCUT2D eigenvalue weighted by Gasteiger charge is 2.12. The molecule has 0 radical (unpaired) electrons. The molecule has 0 bridgehead atoms. The van der Waals surface area contributed by atoms with Crippen molar-refractivity contribution in [2.45, 2.75) is 0 Å². The van der Waals surface area contributed by atoms with Gasteiger partial charge in [0.1, 0.15) is 5.82 Å². The van der Waals surface area contributed by atoms with E-state index < -0.39 is 11.7 Å². The fourth-order valence-electron chi connectivity index (χ4n) is 1.51. The van der Waals surface area contributed by atoms with E-state index in [0.29, 0.717) is 20.9 Å². The third-order valence-corrected chi connectivity index (χ3v) is 3.33. The molecule has 0 spiro atoms. The van der Waals surface area contributed by atoms with Gasteiger partial charge in [-0.3, -0.25) is 4.79 Å². The highest BCUT2D eigenvalue weighted by molar-refractivity contribution is 9.10. The van der Waals surface area contributed by atoms with Crippen LogP contribution in [0.2, 0.25) is 5.02 Å². The normalized spacial score (nSPS) is 10.3. The zero-order valence-corrected chi connectivity index (χ0v) is 11.9. The summed E-state index contributed by atoms with van der Waals surface area (Å²) in [5, 5.41) is 3.05. The number of hydrogen-bond donors (Lipinski definition) is 2. The molecule has 2 aromatic rings. The SMILES string of the molecule is Nc1ccc(Cl)cc1C(=O)Nc1ccc(F)cc1Br. The molecule has 0 aliphatic heterocycles. The minimum Gasteiger partial charge on any atom is -0.398 e. The van der Waals surface area contributed by atoms with Gasteiger partial charge in [0.25, 0.3) is 5.91 Å². The lowest BCUT2D eigenvalue weighted by Crippen LogP contribution is -2.14. The third-order valence-electron chi connectivity index (χ3n) is 2.44. The van der Waals surface area contributed by atoms with Crippen LogP contribution in [0.1, 0.15) is 10.4 Å². The van der Waals surface area contributed by atoms with Gasteiger partial charge in [0.2, 0.25) is 0 Å². The van der Waals surface area contributed by atoms with Crippen molar-refractivity contribution in [2.75, 3.05) is 11.1 Å². The van der Waals surface area contributed by atoms with Crippen molar-refractivity contribution < 1.29 is 9.18 Å². The lowest BCUT2D eigenvalue weighted by Gasteiger charge is -2.09. The van der Waals surface area contributed by atoms with E-state index in [1.165, 1.54) is 24.3 Å². The molecular weight excluding hydrogens is 335 g/mol. The summed E-state index contributed by atoms with van der Waals surface area (Å²) in [6.45, 7) is 0. The fraction of sp³-hybridized carbons (Fsp3) is 0. The number of carbonyl (C=O) groups excluding carboxylic acids is 1. The largest absolute Gasteiger partial charge is 0.398 e. The molecule has 0 saturated carbocycles. The van der Waals surface area contributed by atoms with Gasteiger partial charge in [-0.05, 0) is 52.3 Å². The van der Waals surface area contributed by atoms with Gasteiger partial charge in [0.05, 0.1) is 11.3 Å². The Kier molecular flexibility index (Phi) is 4.07. The summed E-state index contributed by atoms with van der Waals surface area (Å²) in [4.78, 5) is 12.1. The van der Waals surface area contributed by atoms with Crippen LogP contribution < -0.4 is 11.1 Å². The summed E-state index contributed by atoms with van der Waals surface area (Å²) < 4.78 is 13.4. The number of carbonyl (C=O) groups is 1. The molecule has 0 atom stereocenters. The maximum absolute atomic E-state index is 12.9. The Morgan fingerprint density at radius 1 is 1.26 bits per heavy atom. The van der Waals surface area contributed by atoms with Crippen LogP contribution in [-0.4, -0.2) is 5.91 Å². The predicted molar refractivity (Wildman–Crippen MR) is 77.9 cm³/mol. The molecule has 2 rings (SSSR count). The molecular formula is C13H9BrClFN2O. The summed E-state index contributed by atoms with van der Waals surface area (Å²) in [6.07, 6.45) is 0. The van der Waals surface area contributed by atoms with Gasteiger partial charge < -0.3 is 11.1 Å². The first-order valence-corrected chi connectivity index (χ1v) is 6.46. The van der Waals surface area contributed by atoms with Crippen molar-refractivity contribution in [3.8, 4) is 0 Å². The van der Waals surface area contributed by atoms with Crippen LogP contribution in [-0.2, 0) is 0 Å². The van der Waals surface area contributed by atoms with E-state index in [1.54, 1.807) is 12.1 Å². The number of nitrogen functional groups attached to an aromatic ring is 1. The second kappa shape index (κ2) is 5.59. The van der Waals surface area contributed by atoms with Gasteiger partial charge in [-0.25, -0.2) is 4.39 Å². The lowest BCUT2D eigenvalue weighted by molar-refractivity contribution is 0.102. The molecule has 3 N–H and O–H groups in total. The van der Waals surface area contributed by atoms with Gasteiger partial charge in [-0.15, -0.1) is 0 Å². The average Bonchev–Trinajstić information content (AvgIpc) is 2.35. The zero-order valence-electron chi connectivity index (χ0n) is 9.58. The number of nitrogens with one attached hydrogen (secondary N) is 1. The second-order valence-corrected chi connectivity index (χ2v) is 5.10. The summed E-state index contributed by atoms with van der Waals surface area (Å²) >= 11 is 8.99. The minimum atomic E-state index is -0.410. The first-order chi connectivity index (χ1) is 8.97. The number of hydrogen-bond acceptors (Lipinski definition) is 2. The molecule has 0 saturated heterocycles. The van der Waals surface area contributed by atoms with Gasteiger partial charge in [0, 0.05) is 15.2 Å². The standard InChI is InChI=1S/C13H9BrClFN2O/c14-10-6-8(16)2-4-12(10)18-13(19)9-5-7(15)1-3-11(9)17/h1-6H,17H2,(H,18,19). The Labute approximate surface area is 122 Å². The first-order valence-electron chi connectivity index (χ1n) is 5.29. The van der Waals surface area contributed by atoms with Gasteiger partial charge in [-0.2, -0.15) is 0 Å². The number of halogens is 3. The molecule has 19 heavy (non-hydrogen) atoms. The van der Waals surface area contributed by atoms with Crippen molar-refractivity contribution in [2.24, 2.45) is 0 Å². The van der Waals surface area contributed by atoms with Crippen LogP contribution in [0.15, 0.2) is 40.9 Å². The lowest BCUT2D eigenvalue weighted by atomic mass is 10.1. The minimum absolute atomic E-state index is 0.267. The summed E-state index contributed by atoms with van der Waals surface area (Å²) in [7, 11) is 0. The zero-order chi connectivity index (χ0) is 14.0. The molecule has 0 unspecified atom stereocenters. The number of nitrogens with two attached hydrogens (primary N) is 1. The van der Waals surface area contributed by atoms with Gasteiger partial charge in [0.15, 0.2) is 0 Å². The molecule has 3 nitrogen and oxygen atoms in total. The van der Waals surface area contributed by atoms with Crippen molar-refractivity contribution in [1.29, 1.82) is 0 Å². The summed E-state index contributed by atoms with van der Waals surface area (Å²) in [5.41, 5.74) is 6.75. The Morgan fingerprint density at radius 2 is 2.00 bits per heavy atom. The van der Waals surface area contributed by atoms with Crippen molar-refractivity contribution in [3.63, 3.8) is 0 Å². The fourth-order valence-corrected chi connectivity index (χ4v) is 2.13. The maximum Gasteiger partial charge on any atom is 0.257 e. The monoisotopic (exact) mass is 342 g/mol. The van der Waals surface area contributed by atoms with Gasteiger partial charge in [-0.1, -0.05) is 11.6 Å². The molecule has 0 aliphatic carbocycles. The van der Waals surface area contributed by atoms with E-state index >= 15 is 0 Å². The molecule has 98 valence electrons. The number of amides is 1. The summed E-state index contributed by atoms with van der Waals surface area (Å²) in [6, 6.07) is 8.60. The van der Waals surface area contributed by atoms with Crippen LogP contribution in [0, 0.1) is 5.82 Å². The van der Waals surface area contributed by atoms with Crippen LogP contribution >= 0.6 is 27.5 Å². The molecule has 6 heteroatoms. The van der Waals surface area contributed by atoms with E-state index in [1.807, 2.05) is 0 Å². The molecule has 2 aromatic carbocycles. The number of benzene rings is 2. The van der Waals surface area contributed by atoms with E-state index in [-0.39, 0.29) is 5.56 Å². The van der Waals surface area contributed by atoms with Gasteiger partial charge >= 0.3 is 0 Å².